The van der Waals surface area contributed by atoms with E-state index in [1.54, 1.807) is 0 Å². The number of carboxylic acid groups (broad SMARTS) is 1. The van der Waals surface area contributed by atoms with E-state index in [0.29, 0.717) is 17.8 Å². The summed E-state index contributed by atoms with van der Waals surface area (Å²) in [5.74, 6) is -0.856. The number of nitrogens with zero attached hydrogens (tertiary/aromatic N) is 1. The topological polar surface area (TPSA) is 92.5 Å². The fraction of sp³-hybridized carbons (Fsp3) is 0.308. The quantitative estimate of drug-likeness (QED) is 0.484. The van der Waals surface area contributed by atoms with Gasteiger partial charge in [-0.2, -0.15) is 0 Å². The molecule has 0 amide bonds. The average molecular weight is 260 g/mol. The summed E-state index contributed by atoms with van der Waals surface area (Å²) in [5, 5.41) is 23.4. The molecule has 1 aliphatic heterocycles. The molecule has 6 heteroatoms. The Morgan fingerprint density at radius 1 is 1.47 bits per heavy atom. The molecule has 3 rings (SSSR count). The highest BCUT2D eigenvalue weighted by Gasteiger charge is 2.37. The second-order valence-electron chi connectivity index (χ2n) is 4.81. The largest absolute Gasteiger partial charge is 0.478 e. The number of nitro groups is 1. The van der Waals surface area contributed by atoms with Crippen LogP contribution in [0.2, 0.25) is 0 Å². The van der Waals surface area contributed by atoms with E-state index in [2.05, 4.69) is 5.32 Å². The molecule has 6 nitrogen and oxygen atoms in total. The minimum Gasteiger partial charge on any atom is -0.478 e. The molecular weight excluding hydrogens is 248 g/mol. The van der Waals surface area contributed by atoms with Crippen molar-refractivity contribution in [3.05, 3.63) is 45.5 Å². The summed E-state index contributed by atoms with van der Waals surface area (Å²) >= 11 is 0. The molecule has 0 radical (unpaired) electrons. The number of hydrogen-bond acceptors (Lipinski definition) is 4. The van der Waals surface area contributed by atoms with Crippen LogP contribution in [-0.2, 0) is 0 Å². The van der Waals surface area contributed by atoms with Crippen molar-refractivity contribution in [1.29, 1.82) is 0 Å². The van der Waals surface area contributed by atoms with Gasteiger partial charge in [0.25, 0.3) is 5.69 Å². The van der Waals surface area contributed by atoms with Crippen molar-refractivity contribution in [3.63, 3.8) is 0 Å². The van der Waals surface area contributed by atoms with Gasteiger partial charge in [0.2, 0.25) is 0 Å². The number of hydrogen-bond donors (Lipinski definition) is 2. The van der Waals surface area contributed by atoms with Crippen LogP contribution in [0.1, 0.15) is 28.3 Å². The molecule has 2 aliphatic rings. The number of carbonyl (C=O) groups is 1. The van der Waals surface area contributed by atoms with E-state index in [1.165, 1.54) is 12.1 Å². The highest BCUT2D eigenvalue weighted by atomic mass is 16.6. The third-order valence-corrected chi connectivity index (χ3v) is 3.81. The molecule has 1 aromatic carbocycles. The van der Waals surface area contributed by atoms with E-state index >= 15 is 0 Å². The summed E-state index contributed by atoms with van der Waals surface area (Å²) in [5.41, 5.74) is 0.998. The average Bonchev–Trinajstić information content (AvgIpc) is 2.85. The summed E-state index contributed by atoms with van der Waals surface area (Å²) in [7, 11) is 0. The lowest BCUT2D eigenvalue weighted by molar-refractivity contribution is -0.385. The number of carboxylic acids is 1. The summed E-state index contributed by atoms with van der Waals surface area (Å²) in [4.78, 5) is 21.9. The lowest BCUT2D eigenvalue weighted by atomic mass is 9.82. The SMILES string of the molecule is O=C(O)c1ccc([N+](=O)[O-])c2c1NC[C@H]1CC=C[C@@H]21. The van der Waals surface area contributed by atoms with Crippen molar-refractivity contribution in [3.8, 4) is 0 Å². The van der Waals surface area contributed by atoms with E-state index in [0.717, 1.165) is 6.42 Å². The van der Waals surface area contributed by atoms with Gasteiger partial charge in [0.05, 0.1) is 21.7 Å². The van der Waals surface area contributed by atoms with Gasteiger partial charge in [-0.15, -0.1) is 0 Å². The van der Waals surface area contributed by atoms with E-state index in [1.807, 2.05) is 12.2 Å². The molecule has 1 aliphatic carbocycles. The number of fused-ring (bicyclic) bond motifs is 3. The normalized spacial score (nSPS) is 23.4. The Kier molecular flexibility index (Phi) is 2.51. The molecule has 98 valence electrons. The lowest BCUT2D eigenvalue weighted by Gasteiger charge is -2.29. The van der Waals surface area contributed by atoms with E-state index in [9.17, 15) is 20.0 Å². The first-order valence-electron chi connectivity index (χ1n) is 6.04. The van der Waals surface area contributed by atoms with E-state index < -0.39 is 10.9 Å². The molecule has 0 unspecified atom stereocenters. The van der Waals surface area contributed by atoms with Gasteiger partial charge in [-0.05, 0) is 18.4 Å². The predicted octanol–water partition coefficient (Wildman–Crippen LogP) is 2.38. The van der Waals surface area contributed by atoms with Gasteiger partial charge in [0.15, 0.2) is 0 Å². The van der Waals surface area contributed by atoms with Gasteiger partial charge >= 0.3 is 5.97 Å². The Hall–Kier alpha value is -2.37. The number of benzene rings is 1. The van der Waals surface area contributed by atoms with Crippen molar-refractivity contribution in [1.82, 2.24) is 0 Å². The first kappa shape index (κ1) is 11.7. The van der Waals surface area contributed by atoms with Crippen LogP contribution in [0.5, 0.6) is 0 Å². The Balaban J connectivity index is 2.25. The molecule has 1 heterocycles. The van der Waals surface area contributed by atoms with Gasteiger partial charge in [-0.3, -0.25) is 10.1 Å². The Morgan fingerprint density at radius 2 is 2.26 bits per heavy atom. The van der Waals surface area contributed by atoms with Gasteiger partial charge in [-0.1, -0.05) is 12.2 Å². The van der Waals surface area contributed by atoms with Gasteiger partial charge < -0.3 is 10.4 Å². The van der Waals surface area contributed by atoms with E-state index in [-0.39, 0.29) is 23.1 Å². The number of anilines is 1. The Labute approximate surface area is 108 Å². The summed E-state index contributed by atoms with van der Waals surface area (Å²) in [6.45, 7) is 0.645. The molecular formula is C13H12N2O4. The molecule has 0 saturated heterocycles. The molecule has 2 atom stereocenters. The lowest BCUT2D eigenvalue weighted by Crippen LogP contribution is -2.26. The molecule has 0 bridgehead atoms. The second kappa shape index (κ2) is 4.08. The monoisotopic (exact) mass is 260 g/mol. The standard InChI is InChI=1S/C13H12N2O4/c16-13(17)9-4-5-10(15(18)19)11-8-3-1-2-7(8)6-14-12(9)11/h1,3-5,7-8,14H,2,6H2,(H,16,17)/t7-,8-/m1/s1. The van der Waals surface area contributed by atoms with Crippen LogP contribution in [0.4, 0.5) is 11.4 Å². The van der Waals surface area contributed by atoms with Crippen LogP contribution in [0, 0.1) is 16.0 Å². The molecule has 0 aromatic heterocycles. The van der Waals surface area contributed by atoms with Crippen molar-refractivity contribution in [2.24, 2.45) is 5.92 Å². The minimum absolute atomic E-state index is 0.00579. The minimum atomic E-state index is -1.07. The maximum Gasteiger partial charge on any atom is 0.337 e. The third-order valence-electron chi connectivity index (χ3n) is 3.81. The van der Waals surface area contributed by atoms with Crippen LogP contribution in [-0.4, -0.2) is 22.5 Å². The van der Waals surface area contributed by atoms with Crippen LogP contribution < -0.4 is 5.32 Å². The summed E-state index contributed by atoms with van der Waals surface area (Å²) < 4.78 is 0. The molecule has 0 saturated carbocycles. The molecule has 0 fully saturated rings. The number of nitrogens with one attached hydrogen (secondary N) is 1. The highest BCUT2D eigenvalue weighted by molar-refractivity contribution is 5.96. The summed E-state index contributed by atoms with van der Waals surface area (Å²) in [6.07, 6.45) is 4.82. The number of nitro benzene ring substituents is 1. The van der Waals surface area contributed by atoms with Crippen LogP contribution in [0.15, 0.2) is 24.3 Å². The predicted molar refractivity (Wildman–Crippen MR) is 68.5 cm³/mol. The fourth-order valence-electron chi connectivity index (χ4n) is 2.95. The second-order valence-corrected chi connectivity index (χ2v) is 4.81. The molecule has 19 heavy (non-hydrogen) atoms. The zero-order valence-electron chi connectivity index (χ0n) is 10.00. The zero-order valence-corrected chi connectivity index (χ0v) is 10.00. The van der Waals surface area contributed by atoms with Crippen LogP contribution in [0.25, 0.3) is 0 Å². The van der Waals surface area contributed by atoms with Crippen molar-refractivity contribution in [2.75, 3.05) is 11.9 Å². The number of rotatable bonds is 2. The van der Waals surface area contributed by atoms with Crippen LogP contribution >= 0.6 is 0 Å². The van der Waals surface area contributed by atoms with Crippen LogP contribution in [0.3, 0.4) is 0 Å². The smallest absolute Gasteiger partial charge is 0.337 e. The number of aromatic carboxylic acids is 1. The van der Waals surface area contributed by atoms with Gasteiger partial charge in [0, 0.05) is 18.5 Å². The van der Waals surface area contributed by atoms with Crippen molar-refractivity contribution >= 4 is 17.3 Å². The number of allylic oxidation sites excluding steroid dienone is 2. The Bertz CT molecular complexity index is 609. The molecule has 1 aromatic rings. The third kappa shape index (κ3) is 1.68. The van der Waals surface area contributed by atoms with Crippen molar-refractivity contribution < 1.29 is 14.8 Å². The highest BCUT2D eigenvalue weighted by Crippen LogP contribution is 2.46. The zero-order chi connectivity index (χ0) is 13.6. The van der Waals surface area contributed by atoms with Crippen molar-refractivity contribution in [2.45, 2.75) is 12.3 Å². The van der Waals surface area contributed by atoms with Gasteiger partial charge in [0.1, 0.15) is 0 Å². The van der Waals surface area contributed by atoms with Gasteiger partial charge in [-0.25, -0.2) is 4.79 Å². The molecule has 2 N–H and O–H groups in total. The fourth-order valence-corrected chi connectivity index (χ4v) is 2.95. The first-order valence-corrected chi connectivity index (χ1v) is 6.04. The maximum absolute atomic E-state index is 11.2. The Morgan fingerprint density at radius 3 is 2.95 bits per heavy atom. The first-order chi connectivity index (χ1) is 9.09. The maximum atomic E-state index is 11.2. The summed E-state index contributed by atoms with van der Waals surface area (Å²) in [6, 6.07) is 2.59. The van der Waals surface area contributed by atoms with E-state index in [4.69, 9.17) is 0 Å². The molecule has 0 spiro atoms.